The highest BCUT2D eigenvalue weighted by Crippen LogP contribution is 2.28. The van der Waals surface area contributed by atoms with E-state index in [0.717, 1.165) is 16.3 Å². The van der Waals surface area contributed by atoms with Crippen molar-refractivity contribution in [2.75, 3.05) is 12.4 Å². The number of carbonyl (C=O) groups excluding carboxylic acids is 1. The third-order valence-corrected chi connectivity index (χ3v) is 4.56. The van der Waals surface area contributed by atoms with Gasteiger partial charge in [-0.1, -0.05) is 36.4 Å². The van der Waals surface area contributed by atoms with Crippen molar-refractivity contribution in [2.24, 2.45) is 0 Å². The number of methoxy groups -OCH3 is 1. The maximum atomic E-state index is 12.5. The van der Waals surface area contributed by atoms with Crippen LogP contribution in [0.25, 0.3) is 10.6 Å². The van der Waals surface area contributed by atoms with Crippen LogP contribution in [0.15, 0.2) is 54.6 Å². The fourth-order valence-electron chi connectivity index (χ4n) is 2.20. The van der Waals surface area contributed by atoms with E-state index >= 15 is 0 Å². The van der Waals surface area contributed by atoms with Gasteiger partial charge in [0.25, 0.3) is 5.91 Å². The van der Waals surface area contributed by atoms with Gasteiger partial charge in [0.2, 0.25) is 0 Å². The van der Waals surface area contributed by atoms with E-state index in [1.165, 1.54) is 11.3 Å². The van der Waals surface area contributed by atoms with Crippen molar-refractivity contribution in [3.63, 3.8) is 0 Å². The highest BCUT2D eigenvalue weighted by Gasteiger charge is 2.16. The maximum absolute atomic E-state index is 12.5. The van der Waals surface area contributed by atoms with E-state index in [-0.39, 0.29) is 5.91 Å². The van der Waals surface area contributed by atoms with Crippen molar-refractivity contribution in [3.05, 3.63) is 65.2 Å². The summed E-state index contributed by atoms with van der Waals surface area (Å²) in [6, 6.07) is 17.1. The Morgan fingerprint density at radius 1 is 1.13 bits per heavy atom. The Labute approximate surface area is 138 Å². The molecule has 0 saturated carbocycles. The van der Waals surface area contributed by atoms with E-state index in [1.54, 1.807) is 13.2 Å². The zero-order valence-corrected chi connectivity index (χ0v) is 13.7. The Balaban J connectivity index is 1.84. The number of ether oxygens (including phenoxy) is 1. The van der Waals surface area contributed by atoms with E-state index < -0.39 is 0 Å². The van der Waals surface area contributed by atoms with Gasteiger partial charge in [-0.15, -0.1) is 11.3 Å². The van der Waals surface area contributed by atoms with Crippen molar-refractivity contribution in [2.45, 2.75) is 6.92 Å². The van der Waals surface area contributed by atoms with Crippen molar-refractivity contribution in [3.8, 4) is 16.3 Å². The number of nitrogens with one attached hydrogen (secondary N) is 1. The molecule has 1 heterocycles. The lowest BCUT2D eigenvalue weighted by atomic mass is 10.2. The first kappa shape index (κ1) is 15.2. The van der Waals surface area contributed by atoms with Gasteiger partial charge in [0, 0.05) is 17.3 Å². The molecule has 5 heteroatoms. The minimum absolute atomic E-state index is 0.157. The highest BCUT2D eigenvalue weighted by atomic mass is 32.1. The number of benzene rings is 2. The van der Waals surface area contributed by atoms with Crippen molar-refractivity contribution >= 4 is 22.9 Å². The van der Waals surface area contributed by atoms with Crippen LogP contribution in [0.4, 0.5) is 5.69 Å². The van der Waals surface area contributed by atoms with Gasteiger partial charge in [-0.05, 0) is 19.1 Å². The lowest BCUT2D eigenvalue weighted by molar-refractivity contribution is 0.103. The van der Waals surface area contributed by atoms with Crippen LogP contribution in [0, 0.1) is 6.92 Å². The summed E-state index contributed by atoms with van der Waals surface area (Å²) in [5, 5.41) is 3.74. The molecule has 0 atom stereocenters. The van der Waals surface area contributed by atoms with Crippen molar-refractivity contribution in [1.82, 2.24) is 4.98 Å². The molecule has 0 aliphatic rings. The topological polar surface area (TPSA) is 51.2 Å². The lowest BCUT2D eigenvalue weighted by Crippen LogP contribution is -2.11. The molecule has 0 fully saturated rings. The summed E-state index contributed by atoms with van der Waals surface area (Å²) in [5.74, 6) is 0.546. The van der Waals surface area contributed by atoms with E-state index in [4.69, 9.17) is 4.74 Å². The second kappa shape index (κ2) is 6.62. The Bertz CT molecular complexity index is 828. The molecule has 0 spiro atoms. The molecule has 1 N–H and O–H groups in total. The van der Waals surface area contributed by atoms with Crippen LogP contribution >= 0.6 is 11.3 Å². The number of rotatable bonds is 4. The minimum Gasteiger partial charge on any atom is -0.497 e. The number of amides is 1. The van der Waals surface area contributed by atoms with Crippen LogP contribution in [-0.2, 0) is 0 Å². The molecule has 3 rings (SSSR count). The van der Waals surface area contributed by atoms with Crippen LogP contribution in [0.2, 0.25) is 0 Å². The number of hydrogen-bond donors (Lipinski definition) is 1. The predicted octanol–water partition coefficient (Wildman–Crippen LogP) is 4.38. The molecule has 0 aliphatic heterocycles. The molecule has 0 saturated heterocycles. The lowest BCUT2D eigenvalue weighted by Gasteiger charge is -2.06. The van der Waals surface area contributed by atoms with Crippen LogP contribution in [0.1, 0.15) is 15.4 Å². The largest absolute Gasteiger partial charge is 0.497 e. The molecule has 0 radical (unpaired) electrons. The van der Waals surface area contributed by atoms with Crippen LogP contribution in [0.5, 0.6) is 5.75 Å². The number of nitrogens with zero attached hydrogens (tertiary/aromatic N) is 1. The second-order valence-corrected chi connectivity index (χ2v) is 5.98. The monoisotopic (exact) mass is 324 g/mol. The summed E-state index contributed by atoms with van der Waals surface area (Å²) in [6.07, 6.45) is 0. The molecular formula is C18H16N2O2S. The van der Waals surface area contributed by atoms with E-state index in [1.807, 2.05) is 55.5 Å². The molecule has 1 aromatic heterocycles. The zero-order valence-electron chi connectivity index (χ0n) is 12.9. The molecule has 0 bridgehead atoms. The van der Waals surface area contributed by atoms with Gasteiger partial charge in [-0.2, -0.15) is 0 Å². The van der Waals surface area contributed by atoms with Gasteiger partial charge < -0.3 is 10.1 Å². The third kappa shape index (κ3) is 3.40. The molecule has 116 valence electrons. The van der Waals surface area contributed by atoms with E-state index in [2.05, 4.69) is 10.3 Å². The summed E-state index contributed by atoms with van der Waals surface area (Å²) in [5.41, 5.74) is 2.44. The smallest absolute Gasteiger partial charge is 0.267 e. The first-order valence-electron chi connectivity index (χ1n) is 7.15. The van der Waals surface area contributed by atoms with Gasteiger partial charge >= 0.3 is 0 Å². The third-order valence-electron chi connectivity index (χ3n) is 3.35. The molecule has 4 nitrogen and oxygen atoms in total. The Morgan fingerprint density at radius 2 is 1.91 bits per heavy atom. The predicted molar refractivity (Wildman–Crippen MR) is 93.2 cm³/mol. The quantitative estimate of drug-likeness (QED) is 0.775. The van der Waals surface area contributed by atoms with Gasteiger partial charge in [-0.25, -0.2) is 4.98 Å². The SMILES string of the molecule is COc1cccc(NC(=O)c2sc(-c3ccccc3)nc2C)c1. The first-order chi connectivity index (χ1) is 11.2. The maximum Gasteiger partial charge on any atom is 0.267 e. The first-order valence-corrected chi connectivity index (χ1v) is 7.97. The molecule has 0 unspecified atom stereocenters. The fraction of sp³-hybridized carbons (Fsp3) is 0.111. The number of aromatic nitrogens is 1. The molecular weight excluding hydrogens is 308 g/mol. The summed E-state index contributed by atoms with van der Waals surface area (Å²) in [7, 11) is 1.60. The number of carbonyl (C=O) groups is 1. The molecule has 1 amide bonds. The average molecular weight is 324 g/mol. The van der Waals surface area contributed by atoms with Crippen LogP contribution < -0.4 is 10.1 Å². The van der Waals surface area contributed by atoms with Crippen molar-refractivity contribution < 1.29 is 9.53 Å². The molecule has 3 aromatic rings. The molecule has 23 heavy (non-hydrogen) atoms. The van der Waals surface area contributed by atoms with E-state index in [0.29, 0.717) is 16.3 Å². The summed E-state index contributed by atoms with van der Waals surface area (Å²) in [6.45, 7) is 1.85. The number of thiazole rings is 1. The van der Waals surface area contributed by atoms with Crippen molar-refractivity contribution in [1.29, 1.82) is 0 Å². The zero-order chi connectivity index (χ0) is 16.2. The van der Waals surface area contributed by atoms with E-state index in [9.17, 15) is 4.79 Å². The fourth-order valence-corrected chi connectivity index (χ4v) is 3.17. The minimum atomic E-state index is -0.157. The molecule has 2 aromatic carbocycles. The summed E-state index contributed by atoms with van der Waals surface area (Å²) < 4.78 is 5.17. The number of hydrogen-bond acceptors (Lipinski definition) is 4. The summed E-state index contributed by atoms with van der Waals surface area (Å²) in [4.78, 5) is 17.6. The normalized spacial score (nSPS) is 10.3. The van der Waals surface area contributed by atoms with Crippen LogP contribution in [0.3, 0.4) is 0 Å². The van der Waals surface area contributed by atoms with Gasteiger partial charge in [0.1, 0.15) is 15.6 Å². The van der Waals surface area contributed by atoms with Crippen LogP contribution in [-0.4, -0.2) is 18.0 Å². The van der Waals surface area contributed by atoms with Gasteiger partial charge in [0.15, 0.2) is 0 Å². The Hall–Kier alpha value is -2.66. The van der Waals surface area contributed by atoms with Gasteiger partial charge in [-0.3, -0.25) is 4.79 Å². The van der Waals surface area contributed by atoms with Gasteiger partial charge in [0.05, 0.1) is 12.8 Å². The summed E-state index contributed by atoms with van der Waals surface area (Å²) >= 11 is 1.40. The number of aryl methyl sites for hydroxylation is 1. The Morgan fingerprint density at radius 3 is 2.65 bits per heavy atom. The standard InChI is InChI=1S/C18H16N2O2S/c1-12-16(23-18(19-12)13-7-4-3-5-8-13)17(21)20-14-9-6-10-15(11-14)22-2/h3-11H,1-2H3,(H,20,21). The molecule has 0 aliphatic carbocycles. The average Bonchev–Trinajstić information content (AvgIpc) is 2.98. The number of anilines is 1. The second-order valence-electron chi connectivity index (χ2n) is 4.99. The Kier molecular flexibility index (Phi) is 4.39. The highest BCUT2D eigenvalue weighted by molar-refractivity contribution is 7.17.